The number of benzene rings is 1. The van der Waals surface area contributed by atoms with Crippen LogP contribution in [0, 0.1) is 0 Å². The molecular formula is C15H14N4S. The molecule has 0 amide bonds. The number of rotatable bonds is 1. The van der Waals surface area contributed by atoms with Crippen molar-refractivity contribution >= 4 is 27.5 Å². The highest BCUT2D eigenvalue weighted by Gasteiger charge is 2.25. The van der Waals surface area contributed by atoms with Crippen LogP contribution in [0.2, 0.25) is 0 Å². The van der Waals surface area contributed by atoms with E-state index in [0.717, 1.165) is 23.9 Å². The van der Waals surface area contributed by atoms with E-state index in [1.165, 1.54) is 22.6 Å². The zero-order valence-corrected chi connectivity index (χ0v) is 11.7. The van der Waals surface area contributed by atoms with E-state index in [-0.39, 0.29) is 0 Å². The Morgan fingerprint density at radius 2 is 2.00 bits per heavy atom. The molecule has 0 fully saturated rings. The topological polar surface area (TPSA) is 64.7 Å². The smallest absolute Gasteiger partial charge is 0.180 e. The van der Waals surface area contributed by atoms with E-state index >= 15 is 0 Å². The molecule has 0 radical (unpaired) electrons. The van der Waals surface area contributed by atoms with Gasteiger partial charge in [-0.15, -0.1) is 11.3 Å². The summed E-state index contributed by atoms with van der Waals surface area (Å²) in [5.41, 5.74) is 10.2. The molecule has 0 saturated carbocycles. The quantitative estimate of drug-likeness (QED) is 0.744. The number of thiazole rings is 1. The number of aryl methyl sites for hydroxylation is 1. The van der Waals surface area contributed by atoms with Crippen LogP contribution < -0.4 is 5.73 Å². The molecule has 4 nitrogen and oxygen atoms in total. The zero-order chi connectivity index (χ0) is 13.5. The fourth-order valence-electron chi connectivity index (χ4n) is 2.95. The number of nitrogens with two attached hydrogens (primary N) is 1. The van der Waals surface area contributed by atoms with Crippen LogP contribution in [0.4, 0.5) is 5.13 Å². The molecule has 2 aromatic heterocycles. The Morgan fingerprint density at radius 1 is 1.15 bits per heavy atom. The maximum Gasteiger partial charge on any atom is 0.180 e. The Labute approximate surface area is 120 Å². The predicted octanol–water partition coefficient (Wildman–Crippen LogP) is 3.14. The highest BCUT2D eigenvalue weighted by molar-refractivity contribution is 7.15. The summed E-state index contributed by atoms with van der Waals surface area (Å²) >= 11 is 1.63. The van der Waals surface area contributed by atoms with Crippen molar-refractivity contribution < 1.29 is 0 Å². The van der Waals surface area contributed by atoms with Gasteiger partial charge in [-0.1, -0.05) is 6.07 Å². The van der Waals surface area contributed by atoms with E-state index in [9.17, 15) is 0 Å². The van der Waals surface area contributed by atoms with E-state index in [2.05, 4.69) is 33.2 Å². The van der Waals surface area contributed by atoms with Gasteiger partial charge < -0.3 is 5.73 Å². The van der Waals surface area contributed by atoms with Crippen LogP contribution in [-0.4, -0.2) is 15.0 Å². The molecule has 0 spiro atoms. The van der Waals surface area contributed by atoms with Gasteiger partial charge in [0, 0.05) is 23.2 Å². The molecule has 1 aromatic carbocycles. The maximum atomic E-state index is 5.87. The number of nitrogens with zero attached hydrogens (tertiary/aromatic N) is 3. The Kier molecular flexibility index (Phi) is 2.67. The highest BCUT2D eigenvalue weighted by atomic mass is 32.1. The fraction of sp³-hybridized carbons (Fsp3) is 0.267. The van der Waals surface area contributed by atoms with Gasteiger partial charge in [0.2, 0.25) is 0 Å². The largest absolute Gasteiger partial charge is 0.375 e. The third-order valence-electron chi connectivity index (χ3n) is 3.86. The molecule has 0 saturated heterocycles. The zero-order valence-electron chi connectivity index (χ0n) is 10.9. The van der Waals surface area contributed by atoms with Crippen LogP contribution in [0.1, 0.15) is 34.9 Å². The van der Waals surface area contributed by atoms with Gasteiger partial charge in [-0.25, -0.2) is 4.98 Å². The van der Waals surface area contributed by atoms with Crippen molar-refractivity contribution in [1.29, 1.82) is 0 Å². The van der Waals surface area contributed by atoms with Crippen molar-refractivity contribution in [2.24, 2.45) is 0 Å². The summed E-state index contributed by atoms with van der Waals surface area (Å²) in [7, 11) is 0. The average Bonchev–Trinajstić information content (AvgIpc) is 2.86. The number of hydrogen-bond donors (Lipinski definition) is 1. The Bertz CT molecular complexity index is 780. The van der Waals surface area contributed by atoms with Gasteiger partial charge in [0.15, 0.2) is 5.13 Å². The molecular weight excluding hydrogens is 268 g/mol. The lowest BCUT2D eigenvalue weighted by Gasteiger charge is -2.21. The number of anilines is 1. The number of fused-ring (bicyclic) bond motifs is 2. The van der Waals surface area contributed by atoms with E-state index < -0.39 is 0 Å². The molecule has 0 aliphatic heterocycles. The Balaban J connectivity index is 1.83. The minimum Gasteiger partial charge on any atom is -0.375 e. The van der Waals surface area contributed by atoms with Crippen molar-refractivity contribution in [2.75, 3.05) is 5.73 Å². The minimum atomic E-state index is 0.403. The van der Waals surface area contributed by atoms with Gasteiger partial charge >= 0.3 is 0 Å². The molecule has 4 rings (SSSR count). The number of hydrogen-bond acceptors (Lipinski definition) is 5. The van der Waals surface area contributed by atoms with Gasteiger partial charge in [0.05, 0.1) is 16.7 Å². The monoisotopic (exact) mass is 282 g/mol. The second-order valence-electron chi connectivity index (χ2n) is 5.11. The third-order valence-corrected chi connectivity index (χ3v) is 4.90. The molecule has 1 atom stereocenters. The second-order valence-corrected chi connectivity index (χ2v) is 6.17. The Hall–Kier alpha value is -2.01. The minimum absolute atomic E-state index is 0.403. The third kappa shape index (κ3) is 1.86. The fourth-order valence-corrected chi connectivity index (χ4v) is 4.00. The van der Waals surface area contributed by atoms with Crippen molar-refractivity contribution in [2.45, 2.75) is 25.2 Å². The van der Waals surface area contributed by atoms with E-state index in [0.29, 0.717) is 11.0 Å². The van der Waals surface area contributed by atoms with Gasteiger partial charge in [-0.2, -0.15) is 0 Å². The maximum absolute atomic E-state index is 5.87. The van der Waals surface area contributed by atoms with Gasteiger partial charge in [0.1, 0.15) is 0 Å². The predicted molar refractivity (Wildman–Crippen MR) is 80.8 cm³/mol. The van der Waals surface area contributed by atoms with E-state index in [1.807, 2.05) is 0 Å². The van der Waals surface area contributed by atoms with Crippen molar-refractivity contribution in [3.63, 3.8) is 0 Å². The molecule has 1 aliphatic rings. The van der Waals surface area contributed by atoms with Crippen LogP contribution in [0.5, 0.6) is 0 Å². The first-order valence-corrected chi connectivity index (χ1v) is 7.58. The van der Waals surface area contributed by atoms with E-state index in [4.69, 9.17) is 5.73 Å². The highest BCUT2D eigenvalue weighted by Crippen LogP contribution is 2.41. The molecule has 2 heterocycles. The number of nitrogen functional groups attached to an aromatic ring is 1. The first-order chi connectivity index (χ1) is 9.81. The summed E-state index contributed by atoms with van der Waals surface area (Å²) in [5.74, 6) is 0.403. The normalized spacial score (nSPS) is 18.1. The lowest BCUT2D eigenvalue weighted by Crippen LogP contribution is -2.09. The molecule has 2 N–H and O–H groups in total. The second kappa shape index (κ2) is 4.52. The van der Waals surface area contributed by atoms with Gasteiger partial charge in [-0.3, -0.25) is 9.97 Å². The first kappa shape index (κ1) is 11.8. The SMILES string of the molecule is Nc1nc2c(s1)C(c1ccc3nccnc3c1)CCC2. The molecule has 1 unspecified atom stereocenters. The van der Waals surface area contributed by atoms with E-state index in [1.54, 1.807) is 23.7 Å². The molecule has 5 heteroatoms. The van der Waals surface area contributed by atoms with Crippen LogP contribution in [0.3, 0.4) is 0 Å². The summed E-state index contributed by atoms with van der Waals surface area (Å²) in [6.45, 7) is 0. The summed E-state index contributed by atoms with van der Waals surface area (Å²) in [6.07, 6.45) is 6.83. The molecule has 100 valence electrons. The van der Waals surface area contributed by atoms with Crippen molar-refractivity contribution in [3.05, 3.63) is 46.7 Å². The van der Waals surface area contributed by atoms with Gasteiger partial charge in [-0.05, 0) is 37.0 Å². The Morgan fingerprint density at radius 3 is 2.90 bits per heavy atom. The average molecular weight is 282 g/mol. The molecule has 3 aromatic rings. The molecule has 20 heavy (non-hydrogen) atoms. The molecule has 0 bridgehead atoms. The summed E-state index contributed by atoms with van der Waals surface area (Å²) in [5, 5.41) is 0.683. The van der Waals surface area contributed by atoms with Crippen LogP contribution in [0.15, 0.2) is 30.6 Å². The van der Waals surface area contributed by atoms with Crippen LogP contribution in [-0.2, 0) is 6.42 Å². The summed E-state index contributed by atoms with van der Waals surface area (Å²) in [4.78, 5) is 14.5. The van der Waals surface area contributed by atoms with Crippen molar-refractivity contribution in [3.8, 4) is 0 Å². The lowest BCUT2D eigenvalue weighted by molar-refractivity contribution is 0.617. The van der Waals surface area contributed by atoms with Gasteiger partial charge in [0.25, 0.3) is 0 Å². The standard InChI is InChI=1S/C15H14N4S/c16-15-19-12-3-1-2-10(14(12)20-15)9-4-5-11-13(8-9)18-7-6-17-11/h4-8,10H,1-3H2,(H2,16,19). The summed E-state index contributed by atoms with van der Waals surface area (Å²) < 4.78 is 0. The number of aromatic nitrogens is 3. The lowest BCUT2D eigenvalue weighted by atomic mass is 9.86. The summed E-state index contributed by atoms with van der Waals surface area (Å²) in [6, 6.07) is 6.36. The first-order valence-electron chi connectivity index (χ1n) is 6.77. The van der Waals surface area contributed by atoms with Crippen LogP contribution >= 0.6 is 11.3 Å². The van der Waals surface area contributed by atoms with Crippen molar-refractivity contribution in [1.82, 2.24) is 15.0 Å². The van der Waals surface area contributed by atoms with Crippen LogP contribution in [0.25, 0.3) is 11.0 Å². The molecule has 1 aliphatic carbocycles.